The van der Waals surface area contributed by atoms with Crippen LogP contribution in [0.25, 0.3) is 11.0 Å². The lowest BCUT2D eigenvalue weighted by atomic mass is 10.2. The Balaban J connectivity index is 1.49. The van der Waals surface area contributed by atoms with Gasteiger partial charge in [0.05, 0.1) is 29.3 Å². The Bertz CT molecular complexity index is 1100. The van der Waals surface area contributed by atoms with Gasteiger partial charge in [0, 0.05) is 18.2 Å². The number of nitrogens with zero attached hydrogens (tertiary/aromatic N) is 2. The fourth-order valence-electron chi connectivity index (χ4n) is 3.24. The summed E-state index contributed by atoms with van der Waals surface area (Å²) < 4.78 is 11.4. The van der Waals surface area contributed by atoms with E-state index in [9.17, 15) is 9.59 Å². The van der Waals surface area contributed by atoms with Crippen LogP contribution < -0.4 is 15.6 Å². The molecule has 1 atom stereocenters. The van der Waals surface area contributed by atoms with Gasteiger partial charge < -0.3 is 19.6 Å². The molecule has 152 valence electrons. The molecule has 0 saturated carbocycles. The molecule has 0 bridgehead atoms. The summed E-state index contributed by atoms with van der Waals surface area (Å²) in [5, 5.41) is 11.8. The molecule has 3 aromatic rings. The van der Waals surface area contributed by atoms with Crippen LogP contribution in [0.5, 0.6) is 5.75 Å². The van der Waals surface area contributed by atoms with Crippen molar-refractivity contribution in [2.24, 2.45) is 0 Å². The Morgan fingerprint density at radius 3 is 2.90 bits per heavy atom. The summed E-state index contributed by atoms with van der Waals surface area (Å²) in [6.07, 6.45) is 1.83. The van der Waals surface area contributed by atoms with Crippen LogP contribution in [0.2, 0.25) is 0 Å². The van der Waals surface area contributed by atoms with Gasteiger partial charge in [0.2, 0.25) is 11.9 Å². The number of anilines is 2. The number of hydrogen-bond donors (Lipinski definition) is 4. The van der Waals surface area contributed by atoms with Crippen LogP contribution in [0.15, 0.2) is 23.0 Å². The molecule has 1 fully saturated rings. The van der Waals surface area contributed by atoms with Crippen molar-refractivity contribution in [1.82, 2.24) is 19.9 Å². The van der Waals surface area contributed by atoms with Crippen molar-refractivity contribution in [3.05, 3.63) is 39.8 Å². The third-order valence-electron chi connectivity index (χ3n) is 4.70. The molecule has 4 rings (SSSR count). The third kappa shape index (κ3) is 4.37. The van der Waals surface area contributed by atoms with Gasteiger partial charge in [-0.1, -0.05) is 0 Å². The number of aromatic nitrogens is 4. The summed E-state index contributed by atoms with van der Waals surface area (Å²) in [5.74, 6) is 0.194. The van der Waals surface area contributed by atoms with Crippen molar-refractivity contribution in [3.8, 4) is 5.75 Å². The molecule has 0 radical (unpaired) electrons. The van der Waals surface area contributed by atoms with Gasteiger partial charge in [-0.15, -0.1) is 0 Å². The Morgan fingerprint density at radius 2 is 2.17 bits per heavy atom. The lowest BCUT2D eigenvalue weighted by Gasteiger charge is -2.11. The van der Waals surface area contributed by atoms with Crippen LogP contribution in [0.4, 0.5) is 11.9 Å². The zero-order chi connectivity index (χ0) is 20.4. The fourth-order valence-corrected chi connectivity index (χ4v) is 3.24. The summed E-state index contributed by atoms with van der Waals surface area (Å²) in [5.41, 5.74) is 1.46. The minimum atomic E-state index is -1.09. The second-order valence-electron chi connectivity index (χ2n) is 6.88. The third-order valence-corrected chi connectivity index (χ3v) is 4.70. The number of rotatable bonds is 7. The van der Waals surface area contributed by atoms with Gasteiger partial charge in [-0.3, -0.25) is 19.9 Å². The fraction of sp³-hybridized carbons (Fsp3) is 0.368. The molecule has 2 aromatic heterocycles. The molecule has 1 aliphatic rings. The number of carbonyl (C=O) groups is 1. The monoisotopic (exact) mass is 399 g/mol. The highest BCUT2D eigenvalue weighted by Gasteiger charge is 2.16. The zero-order valence-electron chi connectivity index (χ0n) is 15.8. The number of hydrogen-bond acceptors (Lipinski definition) is 7. The second kappa shape index (κ2) is 7.92. The van der Waals surface area contributed by atoms with Crippen molar-refractivity contribution in [2.45, 2.75) is 32.3 Å². The maximum Gasteiger partial charge on any atom is 0.308 e. The molecular formula is C19H21N5O5. The molecule has 0 amide bonds. The number of aromatic amines is 2. The first-order chi connectivity index (χ1) is 14.0. The van der Waals surface area contributed by atoms with E-state index in [1.165, 1.54) is 0 Å². The van der Waals surface area contributed by atoms with Gasteiger partial charge in [0.25, 0.3) is 5.56 Å². The van der Waals surface area contributed by atoms with Gasteiger partial charge in [-0.25, -0.2) is 9.97 Å². The highest BCUT2D eigenvalue weighted by Crippen LogP contribution is 2.23. The molecule has 1 saturated heterocycles. The average Bonchev–Trinajstić information content (AvgIpc) is 3.31. The van der Waals surface area contributed by atoms with E-state index in [-0.39, 0.29) is 24.0 Å². The molecule has 4 N–H and O–H groups in total. The van der Waals surface area contributed by atoms with Crippen LogP contribution in [-0.2, 0) is 16.0 Å². The molecule has 0 aliphatic carbocycles. The number of imidazole rings is 1. The number of fused-ring (bicyclic) bond motifs is 1. The van der Waals surface area contributed by atoms with E-state index in [2.05, 4.69) is 25.3 Å². The summed E-state index contributed by atoms with van der Waals surface area (Å²) in [7, 11) is 0. The van der Waals surface area contributed by atoms with Gasteiger partial charge >= 0.3 is 5.97 Å². The topological polar surface area (TPSA) is 142 Å². The summed E-state index contributed by atoms with van der Waals surface area (Å²) in [4.78, 5) is 37.3. The Morgan fingerprint density at radius 1 is 1.34 bits per heavy atom. The first-order valence-corrected chi connectivity index (χ1v) is 9.31. The van der Waals surface area contributed by atoms with E-state index in [4.69, 9.17) is 14.6 Å². The van der Waals surface area contributed by atoms with E-state index in [1.807, 2.05) is 18.2 Å². The molecule has 3 heterocycles. The second-order valence-corrected chi connectivity index (χ2v) is 6.88. The van der Waals surface area contributed by atoms with Gasteiger partial charge in [0.1, 0.15) is 12.4 Å². The lowest BCUT2D eigenvalue weighted by Crippen LogP contribution is -2.21. The van der Waals surface area contributed by atoms with E-state index in [0.717, 1.165) is 30.5 Å². The number of carboxylic acid groups (broad SMARTS) is 1. The molecule has 1 aromatic carbocycles. The number of aliphatic carboxylic acids is 1. The largest absolute Gasteiger partial charge is 0.491 e. The van der Waals surface area contributed by atoms with Gasteiger partial charge in [0.15, 0.2) is 0 Å². The maximum absolute atomic E-state index is 12.1. The predicted molar refractivity (Wildman–Crippen MR) is 105 cm³/mol. The van der Waals surface area contributed by atoms with E-state index >= 15 is 0 Å². The number of H-pyrrole nitrogens is 2. The summed E-state index contributed by atoms with van der Waals surface area (Å²) in [6.45, 7) is 2.89. The minimum absolute atomic E-state index is 0.126. The van der Waals surface area contributed by atoms with Crippen LogP contribution in [-0.4, -0.2) is 50.3 Å². The minimum Gasteiger partial charge on any atom is -0.491 e. The number of benzene rings is 1. The zero-order valence-corrected chi connectivity index (χ0v) is 15.8. The smallest absolute Gasteiger partial charge is 0.308 e. The van der Waals surface area contributed by atoms with Crippen molar-refractivity contribution >= 4 is 28.9 Å². The number of ether oxygens (including phenoxy) is 2. The Hall–Kier alpha value is -3.40. The van der Waals surface area contributed by atoms with Crippen molar-refractivity contribution < 1.29 is 19.4 Å². The number of carboxylic acids is 1. The first kappa shape index (κ1) is 18.9. The van der Waals surface area contributed by atoms with Crippen LogP contribution >= 0.6 is 0 Å². The lowest BCUT2D eigenvalue weighted by molar-refractivity contribution is -0.136. The van der Waals surface area contributed by atoms with Crippen molar-refractivity contribution in [2.75, 3.05) is 18.5 Å². The molecular weight excluding hydrogens is 378 g/mol. The first-order valence-electron chi connectivity index (χ1n) is 9.31. The van der Waals surface area contributed by atoms with Crippen LogP contribution in [0.3, 0.4) is 0 Å². The molecule has 29 heavy (non-hydrogen) atoms. The van der Waals surface area contributed by atoms with E-state index in [1.54, 1.807) is 6.92 Å². The SMILES string of the molecule is Cc1nc(Nc2nc3ccc(OCC4CCCO4)cc3[nH]2)[nH]c(=O)c1CC(=O)O. The van der Waals surface area contributed by atoms with E-state index in [0.29, 0.717) is 24.0 Å². The molecule has 0 spiro atoms. The maximum atomic E-state index is 12.1. The van der Waals surface area contributed by atoms with Gasteiger partial charge in [-0.05, 0) is 31.9 Å². The Labute approximate surface area is 165 Å². The van der Waals surface area contributed by atoms with E-state index < -0.39 is 11.5 Å². The van der Waals surface area contributed by atoms with Crippen LogP contribution in [0.1, 0.15) is 24.1 Å². The highest BCUT2D eigenvalue weighted by molar-refractivity contribution is 5.79. The summed E-state index contributed by atoms with van der Waals surface area (Å²) in [6, 6.07) is 5.52. The number of nitrogens with one attached hydrogen (secondary N) is 3. The molecule has 1 unspecified atom stereocenters. The van der Waals surface area contributed by atoms with Crippen LogP contribution in [0, 0.1) is 6.92 Å². The quantitative estimate of drug-likeness (QED) is 0.472. The van der Waals surface area contributed by atoms with Crippen molar-refractivity contribution in [1.29, 1.82) is 0 Å². The molecule has 10 nitrogen and oxygen atoms in total. The normalized spacial score (nSPS) is 16.2. The molecule has 10 heteroatoms. The standard InChI is InChI=1S/C19H21N5O5/c1-10-13(8-16(25)26)17(27)23-18(20-10)24-19-21-14-5-4-11(7-15(14)22-19)29-9-12-3-2-6-28-12/h4-5,7,12H,2-3,6,8-9H2,1H3,(H,25,26)(H3,20,21,22,23,24,27). The van der Waals surface area contributed by atoms with Gasteiger partial charge in [-0.2, -0.15) is 0 Å². The average molecular weight is 399 g/mol. The predicted octanol–water partition coefficient (Wildman–Crippen LogP) is 1.88. The summed E-state index contributed by atoms with van der Waals surface area (Å²) >= 11 is 0. The van der Waals surface area contributed by atoms with Crippen molar-refractivity contribution in [3.63, 3.8) is 0 Å². The Kier molecular flexibility index (Phi) is 5.17. The molecule has 1 aliphatic heterocycles. The number of aryl methyl sites for hydroxylation is 1. The highest BCUT2D eigenvalue weighted by atomic mass is 16.5.